The van der Waals surface area contributed by atoms with Gasteiger partial charge in [0.05, 0.1) is 5.01 Å². The Kier molecular flexibility index (Phi) is 3.12. The van der Waals surface area contributed by atoms with Crippen LogP contribution in [0.3, 0.4) is 0 Å². The van der Waals surface area contributed by atoms with E-state index in [1.54, 1.807) is 0 Å². The van der Waals surface area contributed by atoms with Crippen LogP contribution in [0.15, 0.2) is 5.38 Å². The molecule has 0 amide bonds. The number of hydrogen-bond acceptors (Lipinski definition) is 3. The summed E-state index contributed by atoms with van der Waals surface area (Å²) < 4.78 is 0. The van der Waals surface area contributed by atoms with Gasteiger partial charge < -0.3 is 5.32 Å². The molecule has 2 rings (SSSR count). The van der Waals surface area contributed by atoms with E-state index < -0.39 is 0 Å². The van der Waals surface area contributed by atoms with Crippen LogP contribution >= 0.6 is 11.3 Å². The molecule has 15 heavy (non-hydrogen) atoms. The summed E-state index contributed by atoms with van der Waals surface area (Å²) in [5.41, 5.74) is 1.58. The zero-order chi connectivity index (χ0) is 10.9. The molecule has 84 valence electrons. The second-order valence-electron chi connectivity index (χ2n) is 5.02. The van der Waals surface area contributed by atoms with Crippen LogP contribution in [0.25, 0.3) is 0 Å². The summed E-state index contributed by atoms with van der Waals surface area (Å²) in [5, 5.41) is 6.79. The van der Waals surface area contributed by atoms with Crippen LogP contribution in [0.5, 0.6) is 0 Å². The molecule has 1 unspecified atom stereocenters. The van der Waals surface area contributed by atoms with Gasteiger partial charge in [0.2, 0.25) is 0 Å². The van der Waals surface area contributed by atoms with Gasteiger partial charge in [-0.1, -0.05) is 6.92 Å². The molecule has 0 saturated heterocycles. The lowest BCUT2D eigenvalue weighted by Crippen LogP contribution is -2.33. The van der Waals surface area contributed by atoms with Gasteiger partial charge in [-0.2, -0.15) is 0 Å². The van der Waals surface area contributed by atoms with Gasteiger partial charge in [-0.25, -0.2) is 4.98 Å². The summed E-state index contributed by atoms with van der Waals surface area (Å²) in [7, 11) is 2.05. The molecular weight excluding hydrogens is 204 g/mol. The maximum absolute atomic E-state index is 4.58. The first kappa shape index (κ1) is 11.1. The van der Waals surface area contributed by atoms with Gasteiger partial charge >= 0.3 is 0 Å². The van der Waals surface area contributed by atoms with Crippen molar-refractivity contribution < 1.29 is 0 Å². The van der Waals surface area contributed by atoms with Crippen LogP contribution in [0, 0.1) is 18.3 Å². The third kappa shape index (κ3) is 2.58. The van der Waals surface area contributed by atoms with Crippen LogP contribution in [-0.2, 0) is 6.42 Å². The summed E-state index contributed by atoms with van der Waals surface area (Å²) in [6, 6.07) is 0. The molecule has 1 N–H and O–H groups in total. The van der Waals surface area contributed by atoms with Crippen LogP contribution in [0.2, 0.25) is 0 Å². The normalized spacial score (nSPS) is 20.2. The van der Waals surface area contributed by atoms with E-state index in [0.717, 1.165) is 24.6 Å². The van der Waals surface area contributed by atoms with Crippen molar-refractivity contribution in [1.82, 2.24) is 10.3 Å². The number of nitrogens with one attached hydrogen (secondary N) is 1. The maximum atomic E-state index is 4.58. The van der Waals surface area contributed by atoms with Crippen molar-refractivity contribution in [2.24, 2.45) is 11.3 Å². The largest absolute Gasteiger partial charge is 0.319 e. The molecule has 0 aliphatic heterocycles. The van der Waals surface area contributed by atoms with Gasteiger partial charge in [0.1, 0.15) is 0 Å². The average Bonchev–Trinajstić information content (AvgIpc) is 2.93. The second kappa shape index (κ2) is 4.22. The van der Waals surface area contributed by atoms with Gasteiger partial charge in [0.25, 0.3) is 0 Å². The Morgan fingerprint density at radius 3 is 2.80 bits per heavy atom. The van der Waals surface area contributed by atoms with Crippen LogP contribution in [0.4, 0.5) is 0 Å². The van der Waals surface area contributed by atoms with Crippen molar-refractivity contribution in [2.75, 3.05) is 13.6 Å². The van der Waals surface area contributed by atoms with Gasteiger partial charge in [-0.3, -0.25) is 0 Å². The highest BCUT2D eigenvalue weighted by Gasteiger charge is 2.41. The van der Waals surface area contributed by atoms with Gasteiger partial charge in [-0.05, 0) is 38.1 Å². The minimum atomic E-state index is 0.416. The van der Waals surface area contributed by atoms with E-state index in [4.69, 9.17) is 0 Å². The van der Waals surface area contributed by atoms with E-state index in [0.29, 0.717) is 5.41 Å². The van der Waals surface area contributed by atoms with Crippen molar-refractivity contribution in [2.45, 2.75) is 33.1 Å². The predicted octanol–water partition coefficient (Wildman–Crippen LogP) is 2.63. The lowest BCUT2D eigenvalue weighted by Gasteiger charge is -2.28. The van der Waals surface area contributed by atoms with Crippen LogP contribution in [-0.4, -0.2) is 18.6 Å². The number of nitrogens with zero attached hydrogens (tertiary/aromatic N) is 1. The van der Waals surface area contributed by atoms with Gasteiger partial charge in [0.15, 0.2) is 0 Å². The van der Waals surface area contributed by atoms with E-state index >= 15 is 0 Å². The fraction of sp³-hybridized carbons (Fsp3) is 0.750. The minimum Gasteiger partial charge on any atom is -0.319 e. The molecule has 1 atom stereocenters. The minimum absolute atomic E-state index is 0.416. The molecule has 3 heteroatoms. The molecule has 1 aromatic heterocycles. The standard InChI is InChI=1S/C12H20N2S/c1-9-7-15-11(14-9)6-12(2,8-13-3)10-4-5-10/h7,10,13H,4-6,8H2,1-3H3. The molecule has 0 bridgehead atoms. The Hall–Kier alpha value is -0.410. The lowest BCUT2D eigenvalue weighted by atomic mass is 9.81. The third-order valence-electron chi connectivity index (χ3n) is 3.37. The zero-order valence-electron chi connectivity index (χ0n) is 9.84. The number of rotatable bonds is 5. The first-order valence-corrected chi connectivity index (χ1v) is 6.57. The predicted molar refractivity (Wildman–Crippen MR) is 65.3 cm³/mol. The lowest BCUT2D eigenvalue weighted by molar-refractivity contribution is 0.262. The average molecular weight is 224 g/mol. The SMILES string of the molecule is CNCC(C)(Cc1nc(C)cs1)C1CC1. The summed E-state index contributed by atoms with van der Waals surface area (Å²) >= 11 is 1.81. The molecule has 1 fully saturated rings. The fourth-order valence-electron chi connectivity index (χ4n) is 2.36. The molecule has 2 nitrogen and oxygen atoms in total. The van der Waals surface area contributed by atoms with Crippen molar-refractivity contribution in [3.63, 3.8) is 0 Å². The molecule has 1 aromatic rings. The fourth-order valence-corrected chi connectivity index (χ4v) is 3.33. The first-order valence-electron chi connectivity index (χ1n) is 5.70. The molecule has 0 aromatic carbocycles. The Labute approximate surface area is 96.1 Å². The van der Waals surface area contributed by atoms with Crippen LogP contribution in [0.1, 0.15) is 30.5 Å². The summed E-state index contributed by atoms with van der Waals surface area (Å²) in [6.45, 7) is 5.58. The van der Waals surface area contributed by atoms with Gasteiger partial charge in [-0.15, -0.1) is 11.3 Å². The smallest absolute Gasteiger partial charge is 0.0934 e. The first-order chi connectivity index (χ1) is 7.14. The maximum Gasteiger partial charge on any atom is 0.0934 e. The zero-order valence-corrected chi connectivity index (χ0v) is 10.7. The molecule has 1 heterocycles. The van der Waals surface area contributed by atoms with E-state index in [1.807, 2.05) is 18.4 Å². The number of aromatic nitrogens is 1. The Bertz CT molecular complexity index is 330. The summed E-state index contributed by atoms with van der Waals surface area (Å²) in [5.74, 6) is 0.911. The molecule has 1 aliphatic carbocycles. The Balaban J connectivity index is 2.06. The van der Waals surface area contributed by atoms with Crippen molar-refractivity contribution >= 4 is 11.3 Å². The number of aryl methyl sites for hydroxylation is 1. The summed E-state index contributed by atoms with van der Waals surface area (Å²) in [4.78, 5) is 4.58. The molecule has 0 radical (unpaired) electrons. The number of thiazole rings is 1. The monoisotopic (exact) mass is 224 g/mol. The van der Waals surface area contributed by atoms with E-state index in [2.05, 4.69) is 29.5 Å². The second-order valence-corrected chi connectivity index (χ2v) is 5.96. The summed E-state index contributed by atoms with van der Waals surface area (Å²) in [6.07, 6.45) is 3.95. The molecule has 0 spiro atoms. The highest BCUT2D eigenvalue weighted by atomic mass is 32.1. The van der Waals surface area contributed by atoms with Gasteiger partial charge in [0, 0.05) is 24.0 Å². The topological polar surface area (TPSA) is 24.9 Å². The van der Waals surface area contributed by atoms with E-state index in [9.17, 15) is 0 Å². The molecular formula is C12H20N2S. The highest BCUT2D eigenvalue weighted by molar-refractivity contribution is 7.09. The molecule has 1 aliphatic rings. The molecule has 1 saturated carbocycles. The Morgan fingerprint density at radius 1 is 1.60 bits per heavy atom. The highest BCUT2D eigenvalue weighted by Crippen LogP contribution is 2.47. The van der Waals surface area contributed by atoms with Crippen LogP contribution < -0.4 is 5.32 Å². The van der Waals surface area contributed by atoms with Crippen molar-refractivity contribution in [3.05, 3.63) is 16.1 Å². The quantitative estimate of drug-likeness (QED) is 0.831. The number of hydrogen-bond donors (Lipinski definition) is 1. The van der Waals surface area contributed by atoms with Crippen molar-refractivity contribution in [1.29, 1.82) is 0 Å². The van der Waals surface area contributed by atoms with Crippen molar-refractivity contribution in [3.8, 4) is 0 Å². The third-order valence-corrected chi connectivity index (χ3v) is 4.33. The van der Waals surface area contributed by atoms with E-state index in [-0.39, 0.29) is 0 Å². The van der Waals surface area contributed by atoms with E-state index in [1.165, 1.54) is 17.8 Å². The Morgan fingerprint density at radius 2 is 2.33 bits per heavy atom.